The zero-order valence-corrected chi connectivity index (χ0v) is 16.3. The first-order chi connectivity index (χ1) is 14.6. The van der Waals surface area contributed by atoms with E-state index >= 15 is 0 Å². The van der Waals surface area contributed by atoms with Crippen molar-refractivity contribution in [2.24, 2.45) is 0 Å². The number of rotatable bonds is 6. The second-order valence-corrected chi connectivity index (χ2v) is 6.35. The lowest BCUT2D eigenvalue weighted by molar-refractivity contribution is -0.139. The van der Waals surface area contributed by atoms with Crippen molar-refractivity contribution in [3.05, 3.63) is 52.6 Å². The topological polar surface area (TPSA) is 136 Å². The van der Waals surface area contributed by atoms with Crippen LogP contribution < -0.4 is 10.3 Å². The van der Waals surface area contributed by atoms with E-state index in [1.54, 1.807) is 24.5 Å². The average Bonchev–Trinajstić information content (AvgIpc) is 3.23. The van der Waals surface area contributed by atoms with Crippen LogP contribution in [0.15, 0.2) is 41.5 Å². The van der Waals surface area contributed by atoms with Gasteiger partial charge in [0.1, 0.15) is 11.6 Å². The number of ether oxygens (including phenoxy) is 2. The number of fused-ring (bicyclic) bond motifs is 1. The predicted octanol–water partition coefficient (Wildman–Crippen LogP) is 1.88. The van der Waals surface area contributed by atoms with Crippen molar-refractivity contribution >= 4 is 17.1 Å². The predicted molar refractivity (Wildman–Crippen MR) is 108 cm³/mol. The molecule has 30 heavy (non-hydrogen) atoms. The lowest BCUT2D eigenvalue weighted by Gasteiger charge is -2.13. The Balaban J connectivity index is 1.81. The first-order valence-corrected chi connectivity index (χ1v) is 9.19. The number of nitrogens with zero attached hydrogens (tertiary/aromatic N) is 4. The molecule has 10 heteroatoms. The molecule has 0 saturated heterocycles. The number of carbonyl (C=O) groups excluding carboxylic acids is 1. The van der Waals surface area contributed by atoms with E-state index in [9.17, 15) is 9.59 Å². The van der Waals surface area contributed by atoms with Gasteiger partial charge >= 0.3 is 5.97 Å². The highest BCUT2D eigenvalue weighted by Gasteiger charge is 2.16. The largest absolute Gasteiger partial charge is 0.493 e. The van der Waals surface area contributed by atoms with Crippen molar-refractivity contribution in [2.75, 3.05) is 13.7 Å². The molecule has 4 rings (SSSR count). The van der Waals surface area contributed by atoms with Crippen molar-refractivity contribution in [1.82, 2.24) is 30.4 Å². The molecule has 0 aliphatic carbocycles. The number of aromatic nitrogens is 6. The molecule has 2 N–H and O–H groups in total. The third-order valence-electron chi connectivity index (χ3n) is 4.52. The van der Waals surface area contributed by atoms with Gasteiger partial charge in [-0.05, 0) is 36.2 Å². The number of nitrogens with one attached hydrogen (secondary N) is 2. The maximum absolute atomic E-state index is 12.3. The highest BCUT2D eigenvalue weighted by molar-refractivity contribution is 5.80. The van der Waals surface area contributed by atoms with Crippen LogP contribution in [0.1, 0.15) is 12.5 Å². The summed E-state index contributed by atoms with van der Waals surface area (Å²) in [6.07, 6.45) is 3.44. The molecule has 0 bridgehead atoms. The van der Waals surface area contributed by atoms with E-state index in [0.29, 0.717) is 23.7 Å². The summed E-state index contributed by atoms with van der Waals surface area (Å²) in [6, 6.07) is 7.25. The molecule has 0 amide bonds. The highest BCUT2D eigenvalue weighted by atomic mass is 16.5. The van der Waals surface area contributed by atoms with Gasteiger partial charge < -0.3 is 14.5 Å². The van der Waals surface area contributed by atoms with Gasteiger partial charge in [0.2, 0.25) is 0 Å². The highest BCUT2D eigenvalue weighted by Crippen LogP contribution is 2.34. The van der Waals surface area contributed by atoms with E-state index in [1.165, 1.54) is 7.11 Å². The summed E-state index contributed by atoms with van der Waals surface area (Å²) in [5, 5.41) is 9.94. The normalized spacial score (nSPS) is 10.9. The summed E-state index contributed by atoms with van der Waals surface area (Å²) in [5.41, 5.74) is 2.99. The van der Waals surface area contributed by atoms with Crippen molar-refractivity contribution in [1.29, 1.82) is 0 Å². The van der Waals surface area contributed by atoms with Crippen molar-refractivity contribution in [3.63, 3.8) is 0 Å². The zero-order chi connectivity index (χ0) is 21.1. The van der Waals surface area contributed by atoms with Crippen LogP contribution in [-0.2, 0) is 16.0 Å². The molecule has 4 aromatic rings. The number of carbonyl (C=O) groups is 1. The number of hydrogen-bond acceptors (Lipinski definition) is 8. The third-order valence-corrected chi connectivity index (χ3v) is 4.52. The number of hydrogen-bond donors (Lipinski definition) is 2. The molecule has 0 fully saturated rings. The SMILES string of the molecule is CCOc1cc(-c2cnccc2CC(=O)OC)ccc1-c1nc2[nH]nnc2c(=O)[nH]1. The fraction of sp³-hybridized carbons (Fsp3) is 0.200. The van der Waals surface area contributed by atoms with Crippen LogP contribution in [0.3, 0.4) is 0 Å². The fourth-order valence-corrected chi connectivity index (χ4v) is 3.11. The lowest BCUT2D eigenvalue weighted by Crippen LogP contribution is -2.10. The number of benzene rings is 1. The van der Waals surface area contributed by atoms with Gasteiger partial charge in [0.25, 0.3) is 5.56 Å². The van der Waals surface area contributed by atoms with Crippen LogP contribution in [0.25, 0.3) is 33.7 Å². The first kappa shape index (κ1) is 19.2. The monoisotopic (exact) mass is 406 g/mol. The van der Waals surface area contributed by atoms with E-state index in [1.807, 2.05) is 19.1 Å². The lowest BCUT2D eigenvalue weighted by atomic mass is 9.98. The molecule has 0 spiro atoms. The van der Waals surface area contributed by atoms with Gasteiger partial charge in [-0.3, -0.25) is 14.6 Å². The summed E-state index contributed by atoms with van der Waals surface area (Å²) in [4.78, 5) is 35.3. The van der Waals surface area contributed by atoms with Gasteiger partial charge in [-0.25, -0.2) is 10.1 Å². The van der Waals surface area contributed by atoms with Crippen LogP contribution >= 0.6 is 0 Å². The van der Waals surface area contributed by atoms with E-state index in [-0.39, 0.29) is 23.6 Å². The summed E-state index contributed by atoms with van der Waals surface area (Å²) in [5.74, 6) is 0.514. The second kappa shape index (κ2) is 8.11. The van der Waals surface area contributed by atoms with Crippen molar-refractivity contribution in [2.45, 2.75) is 13.3 Å². The molecule has 0 radical (unpaired) electrons. The first-order valence-electron chi connectivity index (χ1n) is 9.19. The van der Waals surface area contributed by atoms with Gasteiger partial charge in [0.05, 0.1) is 25.7 Å². The molecule has 3 aromatic heterocycles. The second-order valence-electron chi connectivity index (χ2n) is 6.35. The average molecular weight is 406 g/mol. The molecule has 152 valence electrons. The van der Waals surface area contributed by atoms with Crippen LogP contribution in [0.2, 0.25) is 0 Å². The van der Waals surface area contributed by atoms with Crippen molar-refractivity contribution in [3.8, 4) is 28.3 Å². The van der Waals surface area contributed by atoms with Gasteiger partial charge in [0, 0.05) is 18.0 Å². The van der Waals surface area contributed by atoms with Gasteiger partial charge in [-0.15, -0.1) is 5.10 Å². The van der Waals surface area contributed by atoms with E-state index in [0.717, 1.165) is 16.7 Å². The molecular formula is C20H18N6O4. The Morgan fingerprint density at radius 1 is 1.20 bits per heavy atom. The molecular weight excluding hydrogens is 388 g/mol. The molecule has 10 nitrogen and oxygen atoms in total. The van der Waals surface area contributed by atoms with Crippen LogP contribution in [0.4, 0.5) is 0 Å². The maximum Gasteiger partial charge on any atom is 0.310 e. The Bertz CT molecular complexity index is 1280. The molecule has 0 atom stereocenters. The third kappa shape index (κ3) is 3.62. The fourth-order valence-electron chi connectivity index (χ4n) is 3.11. The van der Waals surface area contributed by atoms with Crippen molar-refractivity contribution < 1.29 is 14.3 Å². The molecule has 3 heterocycles. The van der Waals surface area contributed by atoms with E-state index in [4.69, 9.17) is 9.47 Å². The smallest absolute Gasteiger partial charge is 0.310 e. The molecule has 0 aliphatic rings. The minimum atomic E-state index is -0.400. The zero-order valence-electron chi connectivity index (χ0n) is 16.3. The van der Waals surface area contributed by atoms with E-state index < -0.39 is 5.56 Å². The quantitative estimate of drug-likeness (QED) is 0.463. The number of methoxy groups -OCH3 is 1. The molecule has 0 aliphatic heterocycles. The summed E-state index contributed by atoms with van der Waals surface area (Å²) < 4.78 is 10.6. The van der Waals surface area contributed by atoms with Gasteiger partial charge in [0.15, 0.2) is 11.2 Å². The Labute approximate surface area is 170 Å². The summed E-state index contributed by atoms with van der Waals surface area (Å²) in [6.45, 7) is 2.28. The van der Waals surface area contributed by atoms with E-state index in [2.05, 4.69) is 30.4 Å². The van der Waals surface area contributed by atoms with Crippen LogP contribution in [0, 0.1) is 0 Å². The molecule has 0 saturated carbocycles. The Hall–Kier alpha value is -4.08. The Morgan fingerprint density at radius 2 is 2.07 bits per heavy atom. The minimum Gasteiger partial charge on any atom is -0.493 e. The summed E-state index contributed by atoms with van der Waals surface area (Å²) in [7, 11) is 1.35. The number of H-pyrrole nitrogens is 2. The number of esters is 1. The van der Waals surface area contributed by atoms with Gasteiger partial charge in [-0.1, -0.05) is 11.3 Å². The Morgan fingerprint density at radius 3 is 2.87 bits per heavy atom. The summed E-state index contributed by atoms with van der Waals surface area (Å²) >= 11 is 0. The van der Waals surface area contributed by atoms with Crippen LogP contribution in [-0.4, -0.2) is 50.0 Å². The number of pyridine rings is 1. The van der Waals surface area contributed by atoms with Gasteiger partial charge in [-0.2, -0.15) is 0 Å². The molecule has 1 aromatic carbocycles. The minimum absolute atomic E-state index is 0.123. The molecule has 0 unspecified atom stereocenters. The maximum atomic E-state index is 12.3. The van der Waals surface area contributed by atoms with Crippen LogP contribution in [0.5, 0.6) is 5.75 Å². The Kier molecular flexibility index (Phi) is 5.21. The standard InChI is InChI=1S/C20H18N6O4/c1-3-30-15-8-11(14-10-21-7-6-12(14)9-16(27)29-2)4-5-13(15)18-22-19-17(20(28)23-18)24-26-25-19/h4-8,10H,3,9H2,1-2H3,(H2,22,23,24,25,26,28). The number of aromatic amines is 2.